The molecule has 0 aromatic heterocycles. The van der Waals surface area contributed by atoms with E-state index in [0.717, 1.165) is 17.9 Å². The van der Waals surface area contributed by atoms with Crippen molar-refractivity contribution in [3.63, 3.8) is 0 Å². The van der Waals surface area contributed by atoms with Gasteiger partial charge in [0.05, 0.1) is 11.4 Å². The maximum Gasteiger partial charge on any atom is 0.255 e. The van der Waals surface area contributed by atoms with Crippen LogP contribution in [0.5, 0.6) is 0 Å². The Bertz CT molecular complexity index is 780. The van der Waals surface area contributed by atoms with Gasteiger partial charge in [-0.2, -0.15) is 0 Å². The molecule has 142 valence electrons. The van der Waals surface area contributed by atoms with Crippen LogP contribution in [-0.4, -0.2) is 11.8 Å². The first-order valence-electron chi connectivity index (χ1n) is 9.63. The zero-order valence-electron chi connectivity index (χ0n) is 15.5. The first-order valence-corrected chi connectivity index (χ1v) is 9.63. The Labute approximate surface area is 160 Å². The van der Waals surface area contributed by atoms with Gasteiger partial charge in [-0.3, -0.25) is 9.59 Å². The molecule has 0 heterocycles. The number of hydrogen-bond acceptors (Lipinski definition) is 3. The molecule has 1 aliphatic carbocycles. The predicted molar refractivity (Wildman–Crippen MR) is 108 cm³/mol. The monoisotopic (exact) mass is 365 g/mol. The zero-order chi connectivity index (χ0) is 19.1. The number of hydrogen-bond donors (Lipinski definition) is 3. The fourth-order valence-corrected chi connectivity index (χ4v) is 3.50. The van der Waals surface area contributed by atoms with Crippen LogP contribution in [0.25, 0.3) is 0 Å². The lowest BCUT2D eigenvalue weighted by molar-refractivity contribution is -0.121. The second kappa shape index (κ2) is 9.21. The molecule has 0 saturated heterocycles. The van der Waals surface area contributed by atoms with Crippen LogP contribution >= 0.6 is 0 Å². The first-order chi connectivity index (χ1) is 13.1. The van der Waals surface area contributed by atoms with Crippen molar-refractivity contribution in [3.05, 3.63) is 59.7 Å². The average Bonchev–Trinajstić information content (AvgIpc) is 3.20. The average molecular weight is 365 g/mol. The molecule has 0 bridgehead atoms. The molecule has 3 rings (SSSR count). The molecule has 0 unspecified atom stereocenters. The van der Waals surface area contributed by atoms with Crippen LogP contribution < -0.4 is 16.4 Å². The number of para-hydroxylation sites is 2. The Morgan fingerprint density at radius 1 is 1.00 bits per heavy atom. The standard InChI is InChI=1S/C22H27N3O2/c23-19-7-3-4-8-20(19)25-22(27)18-12-9-17(10-13-18)15-24-21(26)14-11-16-5-1-2-6-16/h3-4,7-10,12-13,16H,1-2,5-6,11,14-15,23H2,(H,24,26)(H,25,27). The SMILES string of the molecule is Nc1ccccc1NC(=O)c1ccc(CNC(=O)CCC2CCCC2)cc1. The molecule has 1 fully saturated rings. The third-order valence-corrected chi connectivity index (χ3v) is 5.17. The Balaban J connectivity index is 1.46. The lowest BCUT2D eigenvalue weighted by Crippen LogP contribution is -2.23. The third kappa shape index (κ3) is 5.58. The highest BCUT2D eigenvalue weighted by Crippen LogP contribution is 2.28. The van der Waals surface area contributed by atoms with Gasteiger partial charge < -0.3 is 16.4 Å². The molecular weight excluding hydrogens is 338 g/mol. The van der Waals surface area contributed by atoms with Gasteiger partial charge in [0, 0.05) is 18.5 Å². The highest BCUT2D eigenvalue weighted by molar-refractivity contribution is 6.05. The van der Waals surface area contributed by atoms with Crippen LogP contribution in [0, 0.1) is 5.92 Å². The minimum atomic E-state index is -0.208. The summed E-state index contributed by atoms with van der Waals surface area (Å²) in [5.41, 5.74) is 8.50. The van der Waals surface area contributed by atoms with E-state index in [9.17, 15) is 9.59 Å². The molecule has 27 heavy (non-hydrogen) atoms. The molecule has 5 nitrogen and oxygen atoms in total. The van der Waals surface area contributed by atoms with E-state index >= 15 is 0 Å². The Morgan fingerprint density at radius 3 is 2.41 bits per heavy atom. The minimum absolute atomic E-state index is 0.100. The van der Waals surface area contributed by atoms with Crippen molar-refractivity contribution in [2.45, 2.75) is 45.1 Å². The summed E-state index contributed by atoms with van der Waals surface area (Å²) in [4.78, 5) is 24.3. The quantitative estimate of drug-likeness (QED) is 0.646. The van der Waals surface area contributed by atoms with Gasteiger partial charge in [0.2, 0.25) is 5.91 Å². The zero-order valence-corrected chi connectivity index (χ0v) is 15.5. The largest absolute Gasteiger partial charge is 0.397 e. The van der Waals surface area contributed by atoms with Gasteiger partial charge in [-0.15, -0.1) is 0 Å². The number of nitrogens with one attached hydrogen (secondary N) is 2. The second-order valence-corrected chi connectivity index (χ2v) is 7.20. The molecule has 2 amide bonds. The summed E-state index contributed by atoms with van der Waals surface area (Å²) in [6.07, 6.45) is 6.75. The lowest BCUT2D eigenvalue weighted by Gasteiger charge is -2.10. The number of anilines is 2. The number of carbonyl (C=O) groups excluding carboxylic acids is 2. The third-order valence-electron chi connectivity index (χ3n) is 5.17. The minimum Gasteiger partial charge on any atom is -0.397 e. The highest BCUT2D eigenvalue weighted by Gasteiger charge is 2.16. The van der Waals surface area contributed by atoms with Crippen molar-refractivity contribution in [2.24, 2.45) is 5.92 Å². The maximum absolute atomic E-state index is 12.3. The van der Waals surface area contributed by atoms with Gasteiger partial charge in [-0.05, 0) is 42.2 Å². The van der Waals surface area contributed by atoms with Crippen LogP contribution in [0.3, 0.4) is 0 Å². The van der Waals surface area contributed by atoms with Gasteiger partial charge in [0.1, 0.15) is 0 Å². The molecule has 2 aromatic rings. The molecule has 0 radical (unpaired) electrons. The molecule has 5 heteroatoms. The van der Waals surface area contributed by atoms with E-state index in [1.807, 2.05) is 24.3 Å². The van der Waals surface area contributed by atoms with Crippen molar-refractivity contribution in [3.8, 4) is 0 Å². The fourth-order valence-electron chi connectivity index (χ4n) is 3.50. The summed E-state index contributed by atoms with van der Waals surface area (Å²) in [5, 5.41) is 5.77. The molecule has 1 saturated carbocycles. The van der Waals surface area contributed by atoms with Gasteiger partial charge in [-0.25, -0.2) is 0 Å². The van der Waals surface area contributed by atoms with Crippen molar-refractivity contribution in [1.29, 1.82) is 0 Å². The summed E-state index contributed by atoms with van der Waals surface area (Å²) in [7, 11) is 0. The van der Waals surface area contributed by atoms with Gasteiger partial charge in [0.25, 0.3) is 5.91 Å². The Hall–Kier alpha value is -2.82. The van der Waals surface area contributed by atoms with Crippen molar-refractivity contribution < 1.29 is 9.59 Å². The molecule has 0 aliphatic heterocycles. The highest BCUT2D eigenvalue weighted by atomic mass is 16.2. The van der Waals surface area contributed by atoms with E-state index in [-0.39, 0.29) is 11.8 Å². The summed E-state index contributed by atoms with van der Waals surface area (Å²) in [6, 6.07) is 14.4. The van der Waals surface area contributed by atoms with Gasteiger partial charge in [0.15, 0.2) is 0 Å². The maximum atomic E-state index is 12.3. The predicted octanol–water partition coefficient (Wildman–Crippen LogP) is 4.11. The van der Waals surface area contributed by atoms with Crippen LogP contribution in [0.2, 0.25) is 0 Å². The molecule has 0 atom stereocenters. The number of benzene rings is 2. The van der Waals surface area contributed by atoms with E-state index in [1.54, 1.807) is 24.3 Å². The fraction of sp³-hybridized carbons (Fsp3) is 0.364. The van der Waals surface area contributed by atoms with Crippen molar-refractivity contribution in [1.82, 2.24) is 5.32 Å². The molecule has 4 N–H and O–H groups in total. The number of nitrogens with two attached hydrogens (primary N) is 1. The lowest BCUT2D eigenvalue weighted by atomic mass is 10.0. The molecule has 0 spiro atoms. The van der Waals surface area contributed by atoms with E-state index in [2.05, 4.69) is 10.6 Å². The summed E-state index contributed by atoms with van der Waals surface area (Å²) in [6.45, 7) is 0.483. The first kappa shape index (κ1) is 19.0. The van der Waals surface area contributed by atoms with E-state index in [1.165, 1.54) is 25.7 Å². The van der Waals surface area contributed by atoms with E-state index in [4.69, 9.17) is 5.73 Å². The van der Waals surface area contributed by atoms with Crippen LogP contribution in [0.4, 0.5) is 11.4 Å². The normalized spacial score (nSPS) is 14.1. The smallest absolute Gasteiger partial charge is 0.255 e. The number of carbonyl (C=O) groups is 2. The van der Waals surface area contributed by atoms with Gasteiger partial charge >= 0.3 is 0 Å². The van der Waals surface area contributed by atoms with Gasteiger partial charge in [-0.1, -0.05) is 49.9 Å². The van der Waals surface area contributed by atoms with Crippen molar-refractivity contribution in [2.75, 3.05) is 11.1 Å². The van der Waals surface area contributed by atoms with E-state index in [0.29, 0.717) is 29.9 Å². The van der Waals surface area contributed by atoms with E-state index < -0.39 is 0 Å². The van der Waals surface area contributed by atoms with Crippen LogP contribution in [0.1, 0.15) is 54.4 Å². The number of amides is 2. The molecular formula is C22H27N3O2. The van der Waals surface area contributed by atoms with Crippen LogP contribution in [-0.2, 0) is 11.3 Å². The Kier molecular flexibility index (Phi) is 6.47. The summed E-state index contributed by atoms with van der Waals surface area (Å²) < 4.78 is 0. The summed E-state index contributed by atoms with van der Waals surface area (Å²) >= 11 is 0. The number of rotatable bonds is 7. The van der Waals surface area contributed by atoms with Crippen molar-refractivity contribution >= 4 is 23.2 Å². The Morgan fingerprint density at radius 2 is 1.70 bits per heavy atom. The second-order valence-electron chi connectivity index (χ2n) is 7.20. The molecule has 1 aliphatic rings. The van der Waals surface area contributed by atoms with Crippen LogP contribution in [0.15, 0.2) is 48.5 Å². The number of nitrogen functional groups attached to an aromatic ring is 1. The summed E-state index contributed by atoms with van der Waals surface area (Å²) in [5.74, 6) is 0.621. The topological polar surface area (TPSA) is 84.2 Å². The molecule has 2 aromatic carbocycles.